The van der Waals surface area contributed by atoms with E-state index in [0.29, 0.717) is 15.8 Å². The number of hydrogen-bond acceptors (Lipinski definition) is 5. The first kappa shape index (κ1) is 20.1. The van der Waals surface area contributed by atoms with Crippen LogP contribution >= 0.6 is 15.9 Å². The van der Waals surface area contributed by atoms with E-state index in [1.807, 2.05) is 0 Å². The predicted octanol–water partition coefficient (Wildman–Crippen LogP) is 3.69. The van der Waals surface area contributed by atoms with Crippen molar-refractivity contribution < 1.29 is 23.5 Å². The highest BCUT2D eigenvalue weighted by Crippen LogP contribution is 2.27. The van der Waals surface area contributed by atoms with Gasteiger partial charge >= 0.3 is 5.97 Å². The number of nitriles is 1. The summed E-state index contributed by atoms with van der Waals surface area (Å²) < 4.78 is 23.9. The molecule has 0 spiro atoms. The normalized spacial score (nSPS) is 10.7. The Bertz CT molecular complexity index is 938. The molecule has 0 aliphatic rings. The zero-order valence-electron chi connectivity index (χ0n) is 14.2. The Hall–Kier alpha value is -3.18. The van der Waals surface area contributed by atoms with Crippen molar-refractivity contribution in [1.82, 2.24) is 0 Å². The van der Waals surface area contributed by atoms with Gasteiger partial charge in [-0.2, -0.15) is 5.26 Å². The summed E-state index contributed by atoms with van der Waals surface area (Å²) in [5, 5.41) is 11.6. The number of methoxy groups -OCH3 is 1. The fraction of sp³-hybridized carbons (Fsp3) is 0.105. The highest BCUT2D eigenvalue weighted by Gasteiger charge is 2.12. The maximum atomic E-state index is 13.6. The van der Waals surface area contributed by atoms with Crippen LogP contribution in [-0.4, -0.2) is 25.6 Å². The Morgan fingerprint density at radius 2 is 2.04 bits per heavy atom. The second-order valence-electron chi connectivity index (χ2n) is 5.16. The molecular weight excluding hydrogens is 419 g/mol. The van der Waals surface area contributed by atoms with Crippen LogP contribution in [0.4, 0.5) is 10.1 Å². The number of anilines is 1. The number of carbonyl (C=O) groups is 2. The van der Waals surface area contributed by atoms with Gasteiger partial charge in [-0.05, 0) is 51.8 Å². The topological polar surface area (TPSA) is 88.4 Å². The van der Waals surface area contributed by atoms with E-state index in [4.69, 9.17) is 4.74 Å². The molecule has 0 saturated heterocycles. The fourth-order valence-corrected chi connectivity index (χ4v) is 2.50. The van der Waals surface area contributed by atoms with Crippen molar-refractivity contribution in [3.63, 3.8) is 0 Å². The summed E-state index contributed by atoms with van der Waals surface area (Å²) in [7, 11) is 1.25. The molecule has 1 amide bonds. The van der Waals surface area contributed by atoms with Crippen LogP contribution in [0.1, 0.15) is 5.56 Å². The van der Waals surface area contributed by atoms with Crippen LogP contribution in [0.15, 0.2) is 52.5 Å². The number of halogens is 2. The Labute approximate surface area is 163 Å². The summed E-state index contributed by atoms with van der Waals surface area (Å²) in [4.78, 5) is 23.3. The molecule has 0 aliphatic carbocycles. The average Bonchev–Trinajstić information content (AvgIpc) is 2.66. The maximum absolute atomic E-state index is 13.6. The van der Waals surface area contributed by atoms with E-state index in [1.165, 1.54) is 31.4 Å². The highest BCUT2D eigenvalue weighted by molar-refractivity contribution is 9.10. The zero-order chi connectivity index (χ0) is 19.8. The number of rotatable bonds is 6. The standard InChI is InChI=1S/C19H14BrFN2O4/c1-26-18(24)11-27-17-7-6-12(9-14(17)20)8-13(10-22)19(25)23-16-5-3-2-4-15(16)21/h2-9H,11H2,1H3,(H,23,25)/b13-8-. The number of ether oxygens (including phenoxy) is 2. The molecule has 0 radical (unpaired) electrons. The lowest BCUT2D eigenvalue weighted by Crippen LogP contribution is -2.14. The molecule has 1 N–H and O–H groups in total. The molecule has 2 aromatic carbocycles. The number of para-hydroxylation sites is 1. The molecule has 0 aromatic heterocycles. The molecule has 8 heteroatoms. The van der Waals surface area contributed by atoms with Gasteiger partial charge in [-0.15, -0.1) is 0 Å². The summed E-state index contributed by atoms with van der Waals surface area (Å²) in [6.45, 7) is -0.251. The minimum atomic E-state index is -0.732. The predicted molar refractivity (Wildman–Crippen MR) is 100 cm³/mol. The lowest BCUT2D eigenvalue weighted by atomic mass is 10.1. The van der Waals surface area contributed by atoms with Crippen molar-refractivity contribution in [2.45, 2.75) is 0 Å². The van der Waals surface area contributed by atoms with E-state index in [1.54, 1.807) is 30.3 Å². The Kier molecular flexibility index (Phi) is 7.08. The minimum absolute atomic E-state index is 0.0172. The summed E-state index contributed by atoms with van der Waals surface area (Å²) >= 11 is 3.29. The first-order chi connectivity index (χ1) is 12.9. The van der Waals surface area contributed by atoms with Crippen molar-refractivity contribution in [1.29, 1.82) is 5.26 Å². The fourth-order valence-electron chi connectivity index (χ4n) is 1.99. The van der Waals surface area contributed by atoms with Crippen LogP contribution in [0, 0.1) is 17.1 Å². The number of nitrogens with zero attached hydrogens (tertiary/aromatic N) is 1. The molecule has 0 atom stereocenters. The number of carbonyl (C=O) groups excluding carboxylic acids is 2. The third-order valence-corrected chi connectivity index (χ3v) is 3.95. The lowest BCUT2D eigenvalue weighted by Gasteiger charge is -2.08. The van der Waals surface area contributed by atoms with Crippen LogP contribution in [0.5, 0.6) is 5.75 Å². The molecule has 0 saturated carbocycles. The van der Waals surface area contributed by atoms with Crippen molar-refractivity contribution in [2.24, 2.45) is 0 Å². The van der Waals surface area contributed by atoms with Gasteiger partial charge in [0.1, 0.15) is 23.2 Å². The summed E-state index contributed by atoms with van der Waals surface area (Å²) in [6.07, 6.45) is 1.35. The first-order valence-electron chi connectivity index (χ1n) is 7.61. The Balaban J connectivity index is 2.16. The molecule has 0 unspecified atom stereocenters. The average molecular weight is 433 g/mol. The number of hydrogen-bond donors (Lipinski definition) is 1. The Morgan fingerprint density at radius 1 is 1.30 bits per heavy atom. The third-order valence-electron chi connectivity index (χ3n) is 3.33. The van der Waals surface area contributed by atoms with Gasteiger partial charge in [-0.1, -0.05) is 18.2 Å². The number of benzene rings is 2. The minimum Gasteiger partial charge on any atom is -0.481 e. The summed E-state index contributed by atoms with van der Waals surface area (Å²) in [6, 6.07) is 12.2. The molecule has 0 aliphatic heterocycles. The van der Waals surface area contributed by atoms with Gasteiger partial charge in [-0.3, -0.25) is 4.79 Å². The third kappa shape index (κ3) is 5.66. The zero-order valence-corrected chi connectivity index (χ0v) is 15.7. The lowest BCUT2D eigenvalue weighted by molar-refractivity contribution is -0.142. The second-order valence-corrected chi connectivity index (χ2v) is 6.01. The van der Waals surface area contributed by atoms with E-state index in [2.05, 4.69) is 26.0 Å². The van der Waals surface area contributed by atoms with Gasteiger partial charge in [0.05, 0.1) is 17.3 Å². The van der Waals surface area contributed by atoms with Gasteiger partial charge in [0, 0.05) is 0 Å². The number of esters is 1. The van der Waals surface area contributed by atoms with Crippen molar-refractivity contribution in [2.75, 3.05) is 19.0 Å². The summed E-state index contributed by atoms with van der Waals surface area (Å²) in [5.41, 5.74) is 0.317. The second kappa shape index (κ2) is 9.50. The van der Waals surface area contributed by atoms with Crippen LogP contribution in [-0.2, 0) is 14.3 Å². The maximum Gasteiger partial charge on any atom is 0.343 e. The highest BCUT2D eigenvalue weighted by atomic mass is 79.9. The van der Waals surface area contributed by atoms with E-state index >= 15 is 0 Å². The van der Waals surface area contributed by atoms with E-state index in [0.717, 1.165) is 0 Å². The van der Waals surface area contributed by atoms with Gasteiger partial charge in [0.15, 0.2) is 6.61 Å². The molecule has 138 valence electrons. The monoisotopic (exact) mass is 432 g/mol. The van der Waals surface area contributed by atoms with E-state index in [9.17, 15) is 19.2 Å². The van der Waals surface area contributed by atoms with Crippen LogP contribution < -0.4 is 10.1 Å². The van der Waals surface area contributed by atoms with E-state index in [-0.39, 0.29) is 17.9 Å². The molecule has 0 heterocycles. The summed E-state index contributed by atoms with van der Waals surface area (Å²) in [5.74, 6) is -1.46. The molecule has 2 rings (SSSR count). The molecule has 6 nitrogen and oxygen atoms in total. The molecule has 0 fully saturated rings. The van der Waals surface area contributed by atoms with Gasteiger partial charge in [0.25, 0.3) is 5.91 Å². The van der Waals surface area contributed by atoms with Gasteiger partial charge in [0.2, 0.25) is 0 Å². The smallest absolute Gasteiger partial charge is 0.343 e. The van der Waals surface area contributed by atoms with Crippen molar-refractivity contribution >= 4 is 39.6 Å². The van der Waals surface area contributed by atoms with Crippen molar-refractivity contribution in [3.05, 3.63) is 63.9 Å². The van der Waals surface area contributed by atoms with Crippen LogP contribution in [0.2, 0.25) is 0 Å². The van der Waals surface area contributed by atoms with Crippen molar-refractivity contribution in [3.8, 4) is 11.8 Å². The van der Waals surface area contributed by atoms with Gasteiger partial charge < -0.3 is 14.8 Å². The largest absolute Gasteiger partial charge is 0.481 e. The molecule has 27 heavy (non-hydrogen) atoms. The molecule has 0 bridgehead atoms. The molecular formula is C19H14BrFN2O4. The number of nitrogens with one attached hydrogen (secondary N) is 1. The molecule has 2 aromatic rings. The Morgan fingerprint density at radius 3 is 2.67 bits per heavy atom. The van der Waals surface area contributed by atoms with Crippen LogP contribution in [0.3, 0.4) is 0 Å². The first-order valence-corrected chi connectivity index (χ1v) is 8.40. The van der Waals surface area contributed by atoms with E-state index < -0.39 is 17.7 Å². The SMILES string of the molecule is COC(=O)COc1ccc(/C=C(/C#N)C(=O)Nc2ccccc2F)cc1Br. The van der Waals surface area contributed by atoms with Gasteiger partial charge in [-0.25, -0.2) is 9.18 Å². The van der Waals surface area contributed by atoms with Crippen LogP contribution in [0.25, 0.3) is 6.08 Å². The number of amides is 1. The quantitative estimate of drug-likeness (QED) is 0.427.